The van der Waals surface area contributed by atoms with Crippen molar-refractivity contribution in [3.05, 3.63) is 107 Å². The highest BCUT2D eigenvalue weighted by atomic mass is 32.1. The highest BCUT2D eigenvalue weighted by molar-refractivity contribution is 7.22. The van der Waals surface area contributed by atoms with E-state index in [9.17, 15) is 0 Å². The Morgan fingerprint density at radius 1 is 0.675 bits per heavy atom. The van der Waals surface area contributed by atoms with E-state index in [0.717, 1.165) is 63.5 Å². The van der Waals surface area contributed by atoms with Crippen LogP contribution in [0.2, 0.25) is 0 Å². The van der Waals surface area contributed by atoms with Crippen LogP contribution in [0.1, 0.15) is 35.1 Å². The third kappa shape index (κ3) is 4.04. The minimum atomic E-state index is 0.653. The van der Waals surface area contributed by atoms with Gasteiger partial charge in [0, 0.05) is 11.1 Å². The first-order valence-corrected chi connectivity index (χ1v) is 14.3. The maximum Gasteiger partial charge on any atom is 0.222 e. The maximum absolute atomic E-state index is 4.78. The second-order valence-corrected chi connectivity index (χ2v) is 11.2. The summed E-state index contributed by atoms with van der Waals surface area (Å²) in [4.78, 5) is 12.6. The molecule has 2 aliphatic rings. The topological polar surface area (TPSA) is 90.3 Å². The van der Waals surface area contributed by atoms with Crippen LogP contribution in [0.3, 0.4) is 0 Å². The number of aromatic nitrogens is 3. The highest BCUT2D eigenvalue weighted by Crippen LogP contribution is 2.36. The second kappa shape index (κ2) is 9.43. The van der Waals surface area contributed by atoms with E-state index in [1.54, 1.807) is 11.3 Å². The van der Waals surface area contributed by atoms with E-state index < -0.39 is 0 Å². The van der Waals surface area contributed by atoms with Gasteiger partial charge in [-0.2, -0.15) is 10.2 Å². The summed E-state index contributed by atoms with van der Waals surface area (Å²) < 4.78 is 1.14. The normalized spacial score (nSPS) is 16.2. The molecule has 0 aliphatic heterocycles. The van der Waals surface area contributed by atoms with Crippen molar-refractivity contribution in [2.75, 3.05) is 10.9 Å². The molecule has 0 atom stereocenters. The molecule has 0 saturated heterocycles. The van der Waals surface area contributed by atoms with Gasteiger partial charge in [0.15, 0.2) is 0 Å². The molecule has 0 bridgehead atoms. The van der Waals surface area contributed by atoms with Gasteiger partial charge in [-0.25, -0.2) is 15.4 Å². The molecule has 2 heterocycles. The number of aromatic amines is 1. The van der Waals surface area contributed by atoms with E-state index in [1.807, 2.05) is 24.3 Å². The Morgan fingerprint density at radius 2 is 1.48 bits per heavy atom. The van der Waals surface area contributed by atoms with E-state index in [0.29, 0.717) is 5.95 Å². The molecule has 0 unspecified atom stereocenters. The minimum absolute atomic E-state index is 0.653. The molecule has 8 rings (SSSR count). The monoisotopic (exact) mass is 539 g/mol. The summed E-state index contributed by atoms with van der Waals surface area (Å²) in [6, 6.07) is 29.5. The summed E-state index contributed by atoms with van der Waals surface area (Å²) in [7, 11) is 0. The predicted octanol–water partition coefficient (Wildman–Crippen LogP) is 7.36. The molecular weight excluding hydrogens is 514 g/mol. The average Bonchev–Trinajstić information content (AvgIpc) is 3.78. The second-order valence-electron chi connectivity index (χ2n) is 10.1. The number of aryl methyl sites for hydroxylation is 1. The number of imidazole rings is 1. The Kier molecular flexibility index (Phi) is 5.44. The van der Waals surface area contributed by atoms with Crippen molar-refractivity contribution in [2.45, 2.75) is 25.7 Å². The van der Waals surface area contributed by atoms with Gasteiger partial charge in [0.05, 0.1) is 32.7 Å². The molecule has 2 aliphatic carbocycles. The van der Waals surface area contributed by atoms with Crippen molar-refractivity contribution in [3.63, 3.8) is 0 Å². The zero-order valence-corrected chi connectivity index (χ0v) is 22.4. The number of hydrazone groups is 2. The Labute approximate surface area is 234 Å². The number of fused-ring (bicyclic) bond motifs is 4. The van der Waals surface area contributed by atoms with Crippen LogP contribution in [0, 0.1) is 0 Å². The number of H-pyrrole nitrogens is 1. The molecule has 3 N–H and O–H groups in total. The van der Waals surface area contributed by atoms with Crippen LogP contribution in [-0.2, 0) is 12.8 Å². The number of hydrogen-bond acceptors (Lipinski definition) is 7. The Balaban J connectivity index is 1.05. The number of nitrogens with one attached hydrogen (secondary N) is 3. The van der Waals surface area contributed by atoms with Gasteiger partial charge in [0.1, 0.15) is 0 Å². The van der Waals surface area contributed by atoms with E-state index in [-0.39, 0.29) is 0 Å². The molecule has 8 heteroatoms. The van der Waals surface area contributed by atoms with Gasteiger partial charge in [-0.15, -0.1) is 0 Å². The SMILES string of the molecule is c1ccc2c(c1)CC/C2=N\Nc1nc2ccc(-c3cccc4c3CC/C4=N\Nc3nc4ccccc4[nH]3)cc2s1. The van der Waals surface area contributed by atoms with Crippen molar-refractivity contribution in [1.29, 1.82) is 0 Å². The van der Waals surface area contributed by atoms with E-state index in [2.05, 4.69) is 81.5 Å². The first-order valence-electron chi connectivity index (χ1n) is 13.5. The molecule has 0 spiro atoms. The van der Waals surface area contributed by atoms with Crippen LogP contribution in [0.25, 0.3) is 32.4 Å². The molecule has 2 aromatic heterocycles. The summed E-state index contributed by atoms with van der Waals surface area (Å²) in [5, 5.41) is 10.2. The number of rotatable bonds is 5. The first-order chi connectivity index (χ1) is 19.8. The van der Waals surface area contributed by atoms with Crippen LogP contribution >= 0.6 is 11.3 Å². The lowest BCUT2D eigenvalue weighted by Crippen LogP contribution is -2.01. The molecular formula is C32H25N7S. The lowest BCUT2D eigenvalue weighted by atomic mass is 9.97. The Hall–Kier alpha value is -4.82. The molecule has 6 aromatic rings. The molecule has 0 saturated carbocycles. The number of para-hydroxylation sites is 2. The van der Waals surface area contributed by atoms with Gasteiger partial charge in [-0.3, -0.25) is 5.43 Å². The standard InChI is InChI=1S/C32H25N7S/c1-2-7-22-19(6-1)12-15-25(22)37-39-32-35-29-16-13-20(18-30(29)40-32)21-8-5-9-24-23(21)14-17-26(24)36-38-31-33-27-10-3-4-11-28(27)34-31/h1-11,13,16,18H,12,14-15,17H2,(H,35,39)(H2,33,34,38)/b36-26+,37-25+. The van der Waals surface area contributed by atoms with Crippen molar-refractivity contribution >= 4 is 55.1 Å². The predicted molar refractivity (Wildman–Crippen MR) is 165 cm³/mol. The van der Waals surface area contributed by atoms with Crippen LogP contribution < -0.4 is 10.9 Å². The van der Waals surface area contributed by atoms with Crippen LogP contribution in [0.5, 0.6) is 0 Å². The maximum atomic E-state index is 4.78. The fraction of sp³-hybridized carbons (Fsp3) is 0.125. The summed E-state index contributed by atoms with van der Waals surface area (Å²) in [6.07, 6.45) is 3.85. The molecule has 7 nitrogen and oxygen atoms in total. The van der Waals surface area contributed by atoms with Crippen LogP contribution in [-0.4, -0.2) is 26.4 Å². The number of nitrogens with zero attached hydrogens (tertiary/aromatic N) is 4. The van der Waals surface area contributed by atoms with Crippen molar-refractivity contribution < 1.29 is 0 Å². The number of hydrogen-bond donors (Lipinski definition) is 3. The molecule has 0 radical (unpaired) electrons. The first kappa shape index (κ1) is 23.1. The largest absolute Gasteiger partial charge is 0.323 e. The molecule has 4 aromatic carbocycles. The fourth-order valence-electron chi connectivity index (χ4n) is 5.80. The van der Waals surface area contributed by atoms with Crippen LogP contribution in [0.15, 0.2) is 95.1 Å². The van der Waals surface area contributed by atoms with Gasteiger partial charge in [-0.05, 0) is 72.2 Å². The quantitative estimate of drug-likeness (QED) is 0.200. The zero-order valence-electron chi connectivity index (χ0n) is 21.6. The van der Waals surface area contributed by atoms with Crippen molar-refractivity contribution in [1.82, 2.24) is 15.0 Å². The minimum Gasteiger partial charge on any atom is -0.323 e. The zero-order chi connectivity index (χ0) is 26.5. The van der Waals surface area contributed by atoms with E-state index >= 15 is 0 Å². The van der Waals surface area contributed by atoms with Gasteiger partial charge in [0.25, 0.3) is 0 Å². The average molecular weight is 540 g/mol. The molecule has 194 valence electrons. The third-order valence-electron chi connectivity index (χ3n) is 7.73. The van der Waals surface area contributed by atoms with E-state index in [4.69, 9.17) is 15.2 Å². The number of benzene rings is 4. The third-order valence-corrected chi connectivity index (χ3v) is 8.65. The lowest BCUT2D eigenvalue weighted by Gasteiger charge is -2.08. The fourth-order valence-corrected chi connectivity index (χ4v) is 6.64. The lowest BCUT2D eigenvalue weighted by molar-refractivity contribution is 1.09. The van der Waals surface area contributed by atoms with Gasteiger partial charge >= 0.3 is 0 Å². The Bertz CT molecular complexity index is 1950. The number of anilines is 2. The van der Waals surface area contributed by atoms with Gasteiger partial charge < -0.3 is 4.98 Å². The summed E-state index contributed by atoms with van der Waals surface area (Å²) in [5.41, 5.74) is 19.0. The molecule has 0 fully saturated rings. The summed E-state index contributed by atoms with van der Waals surface area (Å²) >= 11 is 1.64. The summed E-state index contributed by atoms with van der Waals surface area (Å²) in [6.45, 7) is 0. The van der Waals surface area contributed by atoms with Gasteiger partial charge in [-0.1, -0.05) is 72.0 Å². The smallest absolute Gasteiger partial charge is 0.222 e. The highest BCUT2D eigenvalue weighted by Gasteiger charge is 2.22. The van der Waals surface area contributed by atoms with E-state index in [1.165, 1.54) is 33.4 Å². The summed E-state index contributed by atoms with van der Waals surface area (Å²) in [5.74, 6) is 0.653. The molecule has 40 heavy (non-hydrogen) atoms. The number of thiazole rings is 1. The Morgan fingerprint density at radius 3 is 2.45 bits per heavy atom. The van der Waals surface area contributed by atoms with Crippen molar-refractivity contribution in [3.8, 4) is 11.1 Å². The molecule has 0 amide bonds. The van der Waals surface area contributed by atoms with Crippen molar-refractivity contribution in [2.24, 2.45) is 10.2 Å². The van der Waals surface area contributed by atoms with Crippen LogP contribution in [0.4, 0.5) is 11.1 Å². The van der Waals surface area contributed by atoms with Gasteiger partial charge in [0.2, 0.25) is 11.1 Å².